The molecule has 0 heterocycles. The lowest BCUT2D eigenvalue weighted by molar-refractivity contribution is 0.129. The summed E-state index contributed by atoms with van der Waals surface area (Å²) in [7, 11) is 0. The number of halogens is 1. The molecule has 2 rings (SSSR count). The van der Waals surface area contributed by atoms with Gasteiger partial charge in [0.2, 0.25) is 0 Å². The highest BCUT2D eigenvalue weighted by molar-refractivity contribution is 5.23. The Morgan fingerprint density at radius 1 is 1.33 bits per heavy atom. The first-order valence-corrected chi connectivity index (χ1v) is 6.94. The van der Waals surface area contributed by atoms with E-state index >= 15 is 0 Å². The molecule has 1 aliphatic rings. The monoisotopic (exact) mass is 251 g/mol. The molecule has 0 amide bonds. The molecule has 1 aromatic carbocycles. The van der Waals surface area contributed by atoms with Gasteiger partial charge in [0.05, 0.1) is 0 Å². The van der Waals surface area contributed by atoms with Crippen LogP contribution in [0.4, 0.5) is 4.39 Å². The van der Waals surface area contributed by atoms with Crippen LogP contribution in [-0.2, 0) is 0 Å². The van der Waals surface area contributed by atoms with Crippen LogP contribution >= 0.6 is 0 Å². The fourth-order valence-corrected chi connectivity index (χ4v) is 2.51. The minimum atomic E-state index is -0.263. The van der Waals surface area contributed by atoms with Crippen LogP contribution in [-0.4, -0.2) is 18.7 Å². The van der Waals surface area contributed by atoms with Gasteiger partial charge in [-0.2, -0.15) is 0 Å². The molecule has 1 N–H and O–H groups in total. The van der Waals surface area contributed by atoms with E-state index in [1.807, 2.05) is 6.07 Å². The van der Waals surface area contributed by atoms with Crippen molar-refractivity contribution in [1.82, 2.24) is 5.32 Å². The summed E-state index contributed by atoms with van der Waals surface area (Å²) in [6.07, 6.45) is 5.66. The van der Waals surface area contributed by atoms with Crippen LogP contribution in [0.25, 0.3) is 0 Å². The molecule has 0 spiro atoms. The Morgan fingerprint density at radius 2 is 2.17 bits per heavy atom. The van der Waals surface area contributed by atoms with E-state index in [2.05, 4.69) is 12.2 Å². The van der Waals surface area contributed by atoms with Crippen LogP contribution in [0.15, 0.2) is 24.3 Å². The lowest BCUT2D eigenvalue weighted by atomic mass is 9.92. The van der Waals surface area contributed by atoms with E-state index in [0.29, 0.717) is 11.8 Å². The van der Waals surface area contributed by atoms with Crippen molar-refractivity contribution >= 4 is 0 Å². The Bertz CT molecular complexity index is 369. The van der Waals surface area contributed by atoms with Gasteiger partial charge in [-0.1, -0.05) is 19.1 Å². The fourth-order valence-electron chi connectivity index (χ4n) is 2.51. The predicted octanol–water partition coefficient (Wildman–Crippen LogP) is 3.52. The van der Waals surface area contributed by atoms with Gasteiger partial charge in [0.1, 0.15) is 6.10 Å². The van der Waals surface area contributed by atoms with E-state index in [4.69, 9.17) is 4.74 Å². The van der Waals surface area contributed by atoms with E-state index in [0.717, 1.165) is 32.2 Å². The van der Waals surface area contributed by atoms with Gasteiger partial charge in [-0.05, 0) is 50.8 Å². The standard InChI is InChI=1S/C15H22FNO/c1-2-10-17-12-6-5-7-13(11-12)18-15-9-4-3-8-14(15)16/h3-4,8-9,12-13,17H,2,5-7,10-11H2,1H3. The minimum absolute atomic E-state index is 0.144. The van der Waals surface area contributed by atoms with E-state index in [1.54, 1.807) is 12.1 Å². The smallest absolute Gasteiger partial charge is 0.165 e. The van der Waals surface area contributed by atoms with Crippen LogP contribution in [0.5, 0.6) is 5.75 Å². The van der Waals surface area contributed by atoms with E-state index in [-0.39, 0.29) is 11.9 Å². The quantitative estimate of drug-likeness (QED) is 0.864. The van der Waals surface area contributed by atoms with Crippen molar-refractivity contribution in [2.45, 2.75) is 51.2 Å². The van der Waals surface area contributed by atoms with Crippen molar-refractivity contribution in [2.75, 3.05) is 6.54 Å². The zero-order chi connectivity index (χ0) is 12.8. The van der Waals surface area contributed by atoms with Crippen molar-refractivity contribution in [2.24, 2.45) is 0 Å². The minimum Gasteiger partial charge on any atom is -0.487 e. The highest BCUT2D eigenvalue weighted by Gasteiger charge is 2.23. The van der Waals surface area contributed by atoms with Crippen LogP contribution < -0.4 is 10.1 Å². The van der Waals surface area contributed by atoms with Gasteiger partial charge < -0.3 is 10.1 Å². The molecule has 0 radical (unpaired) electrons. The topological polar surface area (TPSA) is 21.3 Å². The molecule has 1 saturated carbocycles. The average molecular weight is 251 g/mol. The normalized spacial score (nSPS) is 23.9. The first-order chi connectivity index (χ1) is 8.79. The maximum absolute atomic E-state index is 13.5. The van der Waals surface area contributed by atoms with Gasteiger partial charge >= 0.3 is 0 Å². The fraction of sp³-hybridized carbons (Fsp3) is 0.600. The summed E-state index contributed by atoms with van der Waals surface area (Å²) in [4.78, 5) is 0. The van der Waals surface area contributed by atoms with Crippen molar-refractivity contribution in [3.8, 4) is 5.75 Å². The Hall–Kier alpha value is -1.09. The van der Waals surface area contributed by atoms with E-state index in [1.165, 1.54) is 12.5 Å². The van der Waals surface area contributed by atoms with Crippen LogP contribution in [0.3, 0.4) is 0 Å². The van der Waals surface area contributed by atoms with Gasteiger partial charge in [-0.25, -0.2) is 4.39 Å². The molecule has 1 fully saturated rings. The van der Waals surface area contributed by atoms with Crippen molar-refractivity contribution in [3.05, 3.63) is 30.1 Å². The number of ether oxygens (including phenoxy) is 1. The largest absolute Gasteiger partial charge is 0.487 e. The summed E-state index contributed by atoms with van der Waals surface area (Å²) in [5.41, 5.74) is 0. The Balaban J connectivity index is 1.87. The third-order valence-electron chi connectivity index (χ3n) is 3.44. The molecule has 0 bridgehead atoms. The maximum Gasteiger partial charge on any atom is 0.165 e. The lowest BCUT2D eigenvalue weighted by Crippen LogP contribution is -2.38. The average Bonchev–Trinajstić information content (AvgIpc) is 2.40. The third-order valence-corrected chi connectivity index (χ3v) is 3.44. The molecule has 2 atom stereocenters. The van der Waals surface area contributed by atoms with Crippen LogP contribution in [0.1, 0.15) is 39.0 Å². The van der Waals surface area contributed by atoms with Gasteiger partial charge in [0.15, 0.2) is 11.6 Å². The van der Waals surface area contributed by atoms with Crippen molar-refractivity contribution < 1.29 is 9.13 Å². The Morgan fingerprint density at radius 3 is 2.94 bits per heavy atom. The van der Waals surface area contributed by atoms with E-state index < -0.39 is 0 Å². The number of hydrogen-bond donors (Lipinski definition) is 1. The summed E-state index contributed by atoms with van der Waals surface area (Å²) in [5.74, 6) is 0.125. The summed E-state index contributed by atoms with van der Waals surface area (Å²) in [6, 6.07) is 7.18. The van der Waals surface area contributed by atoms with Gasteiger partial charge in [0, 0.05) is 6.04 Å². The number of nitrogens with one attached hydrogen (secondary N) is 1. The van der Waals surface area contributed by atoms with Crippen LogP contribution in [0.2, 0.25) is 0 Å². The zero-order valence-electron chi connectivity index (χ0n) is 11.0. The summed E-state index contributed by atoms with van der Waals surface area (Å²) >= 11 is 0. The molecule has 3 heteroatoms. The second kappa shape index (κ2) is 6.74. The van der Waals surface area contributed by atoms with E-state index in [9.17, 15) is 4.39 Å². The highest BCUT2D eigenvalue weighted by Crippen LogP contribution is 2.25. The lowest BCUT2D eigenvalue weighted by Gasteiger charge is -2.30. The first kappa shape index (κ1) is 13.3. The number of para-hydroxylation sites is 1. The second-order valence-electron chi connectivity index (χ2n) is 4.99. The summed E-state index contributed by atoms with van der Waals surface area (Å²) in [5, 5.41) is 3.53. The maximum atomic E-state index is 13.5. The molecule has 0 aromatic heterocycles. The van der Waals surface area contributed by atoms with Crippen LogP contribution in [0, 0.1) is 5.82 Å². The van der Waals surface area contributed by atoms with Gasteiger partial charge in [-0.15, -0.1) is 0 Å². The SMILES string of the molecule is CCCNC1CCCC(Oc2ccccc2F)C1. The molecule has 2 nitrogen and oxygen atoms in total. The number of hydrogen-bond acceptors (Lipinski definition) is 2. The summed E-state index contributed by atoms with van der Waals surface area (Å²) < 4.78 is 19.3. The third kappa shape index (κ3) is 3.70. The molecule has 1 aromatic rings. The van der Waals surface area contributed by atoms with Gasteiger partial charge in [-0.3, -0.25) is 0 Å². The molecule has 18 heavy (non-hydrogen) atoms. The number of rotatable bonds is 5. The first-order valence-electron chi connectivity index (χ1n) is 6.94. The Labute approximate surface area is 109 Å². The predicted molar refractivity (Wildman–Crippen MR) is 71.4 cm³/mol. The molecule has 1 aliphatic carbocycles. The van der Waals surface area contributed by atoms with Crippen molar-refractivity contribution in [1.29, 1.82) is 0 Å². The second-order valence-corrected chi connectivity index (χ2v) is 4.99. The summed E-state index contributed by atoms with van der Waals surface area (Å²) in [6.45, 7) is 3.22. The molecule has 100 valence electrons. The molecule has 2 unspecified atom stereocenters. The zero-order valence-corrected chi connectivity index (χ0v) is 11.0. The molecule has 0 saturated heterocycles. The van der Waals surface area contributed by atoms with Crippen molar-refractivity contribution in [3.63, 3.8) is 0 Å². The highest BCUT2D eigenvalue weighted by atomic mass is 19.1. The molecular weight excluding hydrogens is 229 g/mol. The van der Waals surface area contributed by atoms with Gasteiger partial charge in [0.25, 0.3) is 0 Å². The number of benzene rings is 1. The molecular formula is C15H22FNO. The Kier molecular flexibility index (Phi) is 5.00. The molecule has 0 aliphatic heterocycles.